The minimum absolute atomic E-state index is 0.296. The lowest BCUT2D eigenvalue weighted by atomic mass is 9.85. The van der Waals surface area contributed by atoms with Gasteiger partial charge in [-0.25, -0.2) is 0 Å². The first-order chi connectivity index (χ1) is 8.61. The van der Waals surface area contributed by atoms with Crippen molar-refractivity contribution in [3.63, 3.8) is 0 Å². The number of nitrogens with one attached hydrogen (secondary N) is 2. The van der Waals surface area contributed by atoms with E-state index in [0.717, 1.165) is 0 Å². The van der Waals surface area contributed by atoms with Gasteiger partial charge in [0.2, 0.25) is 0 Å². The minimum atomic E-state index is -4.66. The average Bonchev–Trinajstić information content (AvgIpc) is 2.26. The molecule has 10 heteroatoms. The molecule has 2 unspecified atom stereocenters. The first-order valence-electron chi connectivity index (χ1n) is 5.67. The Bertz CT molecular complexity index is 424. The summed E-state index contributed by atoms with van der Waals surface area (Å²) in [6, 6.07) is -0.878. The molecule has 3 N–H and O–H groups in total. The molecule has 0 aliphatic heterocycles. The fourth-order valence-electron chi connectivity index (χ4n) is 1.99. The normalized spacial score (nSPS) is 25.2. The summed E-state index contributed by atoms with van der Waals surface area (Å²) in [6.07, 6.45) is -2.76. The molecule has 0 aromatic rings. The number of carboxylic acid groups (broad SMARTS) is 1. The summed E-state index contributed by atoms with van der Waals surface area (Å²) in [7, 11) is -4.36. The first kappa shape index (κ1) is 16.2. The lowest BCUT2D eigenvalue weighted by molar-refractivity contribution is -0.143. The Morgan fingerprint density at radius 1 is 1.26 bits per heavy atom. The molecular weight excluding hydrogens is 289 g/mol. The van der Waals surface area contributed by atoms with Crippen LogP contribution in [0.2, 0.25) is 0 Å². The monoisotopic (exact) mass is 304 g/mol. The van der Waals surface area contributed by atoms with E-state index in [4.69, 9.17) is 5.11 Å². The molecule has 1 rings (SSSR count). The number of aliphatic carboxylic acids is 1. The van der Waals surface area contributed by atoms with E-state index in [2.05, 4.69) is 0 Å². The van der Waals surface area contributed by atoms with Gasteiger partial charge in [0.05, 0.1) is 5.92 Å². The maximum Gasteiger partial charge on any atom is 0.402 e. The highest BCUT2D eigenvalue weighted by Gasteiger charge is 2.35. The first-order valence-corrected chi connectivity index (χ1v) is 7.15. The quantitative estimate of drug-likeness (QED) is 0.693. The van der Waals surface area contributed by atoms with Gasteiger partial charge in [0.25, 0.3) is 10.2 Å². The van der Waals surface area contributed by atoms with Crippen molar-refractivity contribution in [1.82, 2.24) is 9.44 Å². The van der Waals surface area contributed by atoms with Crippen LogP contribution in [0.25, 0.3) is 0 Å². The lowest BCUT2D eigenvalue weighted by Gasteiger charge is -2.29. The molecule has 112 valence electrons. The van der Waals surface area contributed by atoms with Gasteiger partial charge in [-0.3, -0.25) is 4.79 Å². The van der Waals surface area contributed by atoms with Crippen LogP contribution in [0.4, 0.5) is 13.2 Å². The standard InChI is InChI=1S/C9H15F3N2O4S/c10-9(11,12)5-13-19(17,18)14-7-4-2-1-3-6(7)8(15)16/h6-7,13-14H,1-5H2,(H,15,16). The molecule has 6 nitrogen and oxygen atoms in total. The zero-order valence-electron chi connectivity index (χ0n) is 9.90. The van der Waals surface area contributed by atoms with Gasteiger partial charge in [-0.15, -0.1) is 0 Å². The zero-order valence-corrected chi connectivity index (χ0v) is 10.7. The summed E-state index contributed by atoms with van der Waals surface area (Å²) in [4.78, 5) is 10.9. The molecule has 1 saturated carbocycles. The number of hydrogen-bond donors (Lipinski definition) is 3. The molecule has 1 aliphatic carbocycles. The molecule has 0 bridgehead atoms. The van der Waals surface area contributed by atoms with Crippen LogP contribution in [0, 0.1) is 5.92 Å². The summed E-state index contributed by atoms with van der Waals surface area (Å²) < 4.78 is 61.9. The topological polar surface area (TPSA) is 95.5 Å². The number of rotatable bonds is 5. The predicted molar refractivity (Wildman–Crippen MR) is 59.5 cm³/mol. The van der Waals surface area contributed by atoms with E-state index in [1.54, 1.807) is 0 Å². The number of hydrogen-bond acceptors (Lipinski definition) is 3. The van der Waals surface area contributed by atoms with Crippen molar-refractivity contribution in [2.75, 3.05) is 6.54 Å². The Kier molecular flexibility index (Phi) is 5.16. The SMILES string of the molecule is O=C(O)C1CCCCC1NS(=O)(=O)NCC(F)(F)F. The number of halogens is 3. The van der Waals surface area contributed by atoms with Crippen molar-refractivity contribution in [3.8, 4) is 0 Å². The molecule has 0 heterocycles. The van der Waals surface area contributed by atoms with Crippen LogP contribution in [0.3, 0.4) is 0 Å². The average molecular weight is 304 g/mol. The van der Waals surface area contributed by atoms with E-state index in [9.17, 15) is 26.4 Å². The van der Waals surface area contributed by atoms with Crippen molar-refractivity contribution < 1.29 is 31.5 Å². The van der Waals surface area contributed by atoms with Gasteiger partial charge < -0.3 is 5.11 Å². The van der Waals surface area contributed by atoms with E-state index in [1.165, 1.54) is 4.72 Å². The molecule has 1 aliphatic rings. The molecule has 0 spiro atoms. The van der Waals surface area contributed by atoms with Crippen molar-refractivity contribution in [3.05, 3.63) is 0 Å². The summed E-state index contributed by atoms with van der Waals surface area (Å²) >= 11 is 0. The van der Waals surface area contributed by atoms with E-state index in [1.807, 2.05) is 4.72 Å². The molecule has 0 aromatic carbocycles. The maximum absolute atomic E-state index is 11.9. The third-order valence-corrected chi connectivity index (χ3v) is 3.99. The molecule has 0 radical (unpaired) electrons. The predicted octanol–water partition coefficient (Wildman–Crippen LogP) is 0.616. The fourth-order valence-corrected chi connectivity index (χ4v) is 3.10. The number of carboxylic acids is 1. The van der Waals surface area contributed by atoms with Crippen LogP contribution in [0.5, 0.6) is 0 Å². The second-order valence-electron chi connectivity index (χ2n) is 4.39. The Hall–Kier alpha value is -0.870. The Morgan fingerprint density at radius 3 is 2.37 bits per heavy atom. The highest BCUT2D eigenvalue weighted by Crippen LogP contribution is 2.25. The number of carbonyl (C=O) groups is 1. The van der Waals surface area contributed by atoms with E-state index in [0.29, 0.717) is 25.7 Å². The van der Waals surface area contributed by atoms with Crippen molar-refractivity contribution in [2.24, 2.45) is 5.92 Å². The van der Waals surface area contributed by atoms with Gasteiger partial charge in [-0.1, -0.05) is 12.8 Å². The molecule has 1 fully saturated rings. The van der Waals surface area contributed by atoms with Crippen LogP contribution in [-0.4, -0.2) is 38.3 Å². The highest BCUT2D eigenvalue weighted by molar-refractivity contribution is 7.87. The smallest absolute Gasteiger partial charge is 0.402 e. The molecule has 0 saturated heterocycles. The number of alkyl halides is 3. The minimum Gasteiger partial charge on any atom is -0.481 e. The van der Waals surface area contributed by atoms with Crippen LogP contribution in [0.1, 0.15) is 25.7 Å². The van der Waals surface area contributed by atoms with Crippen molar-refractivity contribution in [1.29, 1.82) is 0 Å². The summed E-state index contributed by atoms with van der Waals surface area (Å²) in [5.74, 6) is -2.06. The second kappa shape index (κ2) is 6.06. The van der Waals surface area contributed by atoms with E-state index in [-0.39, 0.29) is 0 Å². The lowest BCUT2D eigenvalue weighted by Crippen LogP contribution is -2.50. The van der Waals surface area contributed by atoms with Crippen LogP contribution < -0.4 is 9.44 Å². The van der Waals surface area contributed by atoms with Crippen LogP contribution in [0.15, 0.2) is 0 Å². The zero-order chi connectivity index (χ0) is 14.7. The van der Waals surface area contributed by atoms with Crippen LogP contribution in [-0.2, 0) is 15.0 Å². The van der Waals surface area contributed by atoms with Crippen LogP contribution >= 0.6 is 0 Å². The van der Waals surface area contributed by atoms with Gasteiger partial charge in [0, 0.05) is 6.04 Å². The summed E-state index contributed by atoms with van der Waals surface area (Å²) in [6.45, 7) is -1.69. The highest BCUT2D eigenvalue weighted by atomic mass is 32.2. The van der Waals surface area contributed by atoms with E-state index >= 15 is 0 Å². The fraction of sp³-hybridized carbons (Fsp3) is 0.889. The van der Waals surface area contributed by atoms with Gasteiger partial charge in [-0.2, -0.15) is 31.0 Å². The summed E-state index contributed by atoms with van der Waals surface area (Å²) in [5.41, 5.74) is 0. The van der Waals surface area contributed by atoms with Gasteiger partial charge in [0.1, 0.15) is 6.54 Å². The maximum atomic E-state index is 11.9. The van der Waals surface area contributed by atoms with Gasteiger partial charge >= 0.3 is 12.1 Å². The Balaban J connectivity index is 2.62. The third kappa shape index (κ3) is 5.74. The van der Waals surface area contributed by atoms with Gasteiger partial charge in [0.15, 0.2) is 0 Å². The Morgan fingerprint density at radius 2 is 1.84 bits per heavy atom. The Labute approximate surface area is 108 Å². The molecule has 19 heavy (non-hydrogen) atoms. The van der Waals surface area contributed by atoms with Crippen molar-refractivity contribution >= 4 is 16.2 Å². The van der Waals surface area contributed by atoms with Crippen molar-refractivity contribution in [2.45, 2.75) is 37.9 Å². The molecular formula is C9H15F3N2O4S. The molecule has 0 aromatic heterocycles. The second-order valence-corrected chi connectivity index (χ2v) is 5.92. The largest absolute Gasteiger partial charge is 0.481 e. The molecule has 2 atom stereocenters. The molecule has 0 amide bonds. The van der Waals surface area contributed by atoms with E-state index < -0.39 is 40.9 Å². The summed E-state index contributed by atoms with van der Waals surface area (Å²) in [5, 5.41) is 8.93. The third-order valence-electron chi connectivity index (χ3n) is 2.85. The van der Waals surface area contributed by atoms with Gasteiger partial charge in [-0.05, 0) is 12.8 Å².